The lowest BCUT2D eigenvalue weighted by molar-refractivity contribution is -0.905. The van der Waals surface area contributed by atoms with Gasteiger partial charge in [-0.2, -0.15) is 0 Å². The quantitative estimate of drug-likeness (QED) is 0.670. The molecule has 4 nitrogen and oxygen atoms in total. The molecule has 0 saturated heterocycles. The summed E-state index contributed by atoms with van der Waals surface area (Å²) in [6.07, 6.45) is 2.87. The predicted octanol–water partition coefficient (Wildman–Crippen LogP) is 1.46. The first-order valence-electron chi connectivity index (χ1n) is 4.78. The zero-order chi connectivity index (χ0) is 11.4. The Labute approximate surface area is 97.2 Å². The Morgan fingerprint density at radius 1 is 1.47 bits per heavy atom. The Hall–Kier alpha value is -1.10. The fourth-order valence-corrected chi connectivity index (χ4v) is 1.80. The largest absolute Gasteiger partial charge is 0.339 e. The highest BCUT2D eigenvalue weighted by molar-refractivity contribution is 9.10. The maximum atomic E-state index is 11.9. The van der Waals surface area contributed by atoms with E-state index in [0.717, 1.165) is 4.73 Å². The maximum absolute atomic E-state index is 11.9. The van der Waals surface area contributed by atoms with Crippen LogP contribution >= 0.6 is 15.9 Å². The number of nitrogens with zero attached hydrogens (tertiary/aromatic N) is 2. The van der Waals surface area contributed by atoms with Crippen LogP contribution in [-0.4, -0.2) is 29.1 Å². The van der Waals surface area contributed by atoms with Crippen LogP contribution in [0.2, 0.25) is 0 Å². The Morgan fingerprint density at radius 2 is 2.07 bits per heavy atom. The van der Waals surface area contributed by atoms with E-state index >= 15 is 0 Å². The van der Waals surface area contributed by atoms with Crippen LogP contribution in [0.25, 0.3) is 0 Å². The molecule has 1 aromatic rings. The van der Waals surface area contributed by atoms with Gasteiger partial charge >= 0.3 is 0 Å². The molecule has 1 aromatic heterocycles. The van der Waals surface area contributed by atoms with Gasteiger partial charge in [0.2, 0.25) is 12.4 Å². The van der Waals surface area contributed by atoms with Gasteiger partial charge in [0.15, 0.2) is 0 Å². The molecule has 0 aromatic carbocycles. The molecule has 0 saturated carbocycles. The average molecular weight is 274 g/mol. The van der Waals surface area contributed by atoms with Crippen molar-refractivity contribution in [1.82, 2.24) is 4.90 Å². The molecule has 0 spiro atoms. The van der Waals surface area contributed by atoms with E-state index in [1.165, 1.54) is 12.4 Å². The molecule has 1 amide bonds. The minimum atomic E-state index is -0.0795. The molecule has 0 fully saturated rings. The van der Waals surface area contributed by atoms with Gasteiger partial charge in [0.25, 0.3) is 5.91 Å². The van der Waals surface area contributed by atoms with E-state index in [1.807, 2.05) is 13.8 Å². The molecule has 0 aliphatic rings. The van der Waals surface area contributed by atoms with Crippen molar-refractivity contribution in [2.45, 2.75) is 13.8 Å². The van der Waals surface area contributed by atoms with Crippen molar-refractivity contribution in [3.8, 4) is 0 Å². The number of halogens is 1. The monoisotopic (exact) mass is 273 g/mol. The van der Waals surface area contributed by atoms with Crippen molar-refractivity contribution in [1.29, 1.82) is 0 Å². The van der Waals surface area contributed by atoms with E-state index in [0.29, 0.717) is 23.1 Å². The molecule has 0 unspecified atom stereocenters. The third-order valence-corrected chi connectivity index (χ3v) is 2.55. The SMILES string of the molecule is CCN(CC)C(=O)c1cc(Br)c[n+](O)c1. The lowest BCUT2D eigenvalue weighted by atomic mass is 10.2. The number of carbonyl (C=O) groups is 1. The lowest BCUT2D eigenvalue weighted by Crippen LogP contribution is -2.35. The average Bonchev–Trinajstić information content (AvgIpc) is 2.18. The molecular formula is C10H14BrN2O2+. The number of amides is 1. The highest BCUT2D eigenvalue weighted by atomic mass is 79.9. The number of rotatable bonds is 3. The van der Waals surface area contributed by atoms with Crippen LogP contribution in [-0.2, 0) is 0 Å². The van der Waals surface area contributed by atoms with E-state index in [9.17, 15) is 10.0 Å². The summed E-state index contributed by atoms with van der Waals surface area (Å²) in [7, 11) is 0. The molecule has 0 radical (unpaired) electrons. The summed E-state index contributed by atoms with van der Waals surface area (Å²) in [5.41, 5.74) is 0.468. The van der Waals surface area contributed by atoms with Crippen molar-refractivity contribution in [2.24, 2.45) is 0 Å². The molecule has 15 heavy (non-hydrogen) atoms. The highest BCUT2D eigenvalue weighted by Crippen LogP contribution is 2.10. The number of hydrogen-bond acceptors (Lipinski definition) is 2. The molecule has 0 aliphatic carbocycles. The minimum Gasteiger partial charge on any atom is -0.339 e. The number of pyridine rings is 1. The Balaban J connectivity index is 3.00. The molecule has 0 aliphatic heterocycles. The Morgan fingerprint density at radius 3 is 2.53 bits per heavy atom. The van der Waals surface area contributed by atoms with Crippen molar-refractivity contribution in [3.63, 3.8) is 0 Å². The van der Waals surface area contributed by atoms with E-state index in [1.54, 1.807) is 11.0 Å². The third-order valence-electron chi connectivity index (χ3n) is 2.12. The van der Waals surface area contributed by atoms with Gasteiger partial charge in [-0.15, -0.1) is 0 Å². The molecule has 82 valence electrons. The van der Waals surface area contributed by atoms with Gasteiger partial charge in [-0.1, -0.05) is 0 Å². The summed E-state index contributed by atoms with van der Waals surface area (Å²) in [5, 5.41) is 9.29. The number of aromatic nitrogens is 1. The number of carbonyl (C=O) groups excluding carboxylic acids is 1. The fraction of sp³-hybridized carbons (Fsp3) is 0.400. The van der Waals surface area contributed by atoms with Gasteiger partial charge in [0.1, 0.15) is 5.56 Å². The van der Waals surface area contributed by atoms with Crippen molar-refractivity contribution in [3.05, 3.63) is 28.5 Å². The van der Waals surface area contributed by atoms with Crippen molar-refractivity contribution >= 4 is 21.8 Å². The second-order valence-corrected chi connectivity index (χ2v) is 4.02. The van der Waals surface area contributed by atoms with Gasteiger partial charge in [-0.05, 0) is 35.8 Å². The van der Waals surface area contributed by atoms with Gasteiger partial charge in [-0.25, -0.2) is 0 Å². The lowest BCUT2D eigenvalue weighted by Gasteiger charge is -2.17. The van der Waals surface area contributed by atoms with E-state index in [2.05, 4.69) is 15.9 Å². The van der Waals surface area contributed by atoms with Gasteiger partial charge in [-0.3, -0.25) is 10.0 Å². The third kappa shape index (κ3) is 2.92. The van der Waals surface area contributed by atoms with Crippen LogP contribution in [0.1, 0.15) is 24.2 Å². The van der Waals surface area contributed by atoms with Crippen molar-refractivity contribution in [2.75, 3.05) is 13.1 Å². The Bertz CT molecular complexity index is 344. The first kappa shape index (κ1) is 12.0. The van der Waals surface area contributed by atoms with Crippen LogP contribution < -0.4 is 4.73 Å². The topological polar surface area (TPSA) is 44.4 Å². The van der Waals surface area contributed by atoms with Crippen LogP contribution in [0, 0.1) is 0 Å². The predicted molar refractivity (Wildman–Crippen MR) is 58.8 cm³/mol. The second-order valence-electron chi connectivity index (χ2n) is 3.10. The zero-order valence-electron chi connectivity index (χ0n) is 8.77. The minimum absolute atomic E-state index is 0.0795. The molecule has 0 bridgehead atoms. The molecule has 1 heterocycles. The summed E-state index contributed by atoms with van der Waals surface area (Å²) < 4.78 is 1.55. The summed E-state index contributed by atoms with van der Waals surface area (Å²) in [6.45, 7) is 5.17. The van der Waals surface area contributed by atoms with E-state index in [4.69, 9.17) is 0 Å². The highest BCUT2D eigenvalue weighted by Gasteiger charge is 2.17. The van der Waals surface area contributed by atoms with Crippen LogP contribution in [0.5, 0.6) is 0 Å². The summed E-state index contributed by atoms with van der Waals surface area (Å²) in [6, 6.07) is 1.69. The standard InChI is InChI=1S/C10H14BrN2O2/c1-3-12(4-2)10(14)8-5-9(11)7-13(15)6-8/h5-7,15H,3-4H2,1-2H3/q+1. The number of hydrogen-bond donors (Lipinski definition) is 1. The fourth-order valence-electron chi connectivity index (χ4n) is 1.34. The first-order valence-corrected chi connectivity index (χ1v) is 5.58. The molecule has 1 rings (SSSR count). The van der Waals surface area contributed by atoms with E-state index < -0.39 is 0 Å². The normalized spacial score (nSPS) is 10.1. The smallest absolute Gasteiger partial charge is 0.260 e. The van der Waals surface area contributed by atoms with Crippen LogP contribution in [0.3, 0.4) is 0 Å². The summed E-state index contributed by atoms with van der Waals surface area (Å²) in [4.78, 5) is 13.6. The maximum Gasteiger partial charge on any atom is 0.260 e. The molecule has 1 N–H and O–H groups in total. The van der Waals surface area contributed by atoms with E-state index in [-0.39, 0.29) is 5.91 Å². The van der Waals surface area contributed by atoms with Gasteiger partial charge in [0.05, 0.1) is 4.47 Å². The van der Waals surface area contributed by atoms with Gasteiger partial charge < -0.3 is 4.90 Å². The summed E-state index contributed by atoms with van der Waals surface area (Å²) >= 11 is 3.22. The Kier molecular flexibility index (Phi) is 4.08. The first-order chi connectivity index (χ1) is 7.08. The van der Waals surface area contributed by atoms with Gasteiger partial charge in [0, 0.05) is 17.8 Å². The molecule has 0 atom stereocenters. The zero-order valence-corrected chi connectivity index (χ0v) is 10.4. The van der Waals surface area contributed by atoms with Crippen molar-refractivity contribution < 1.29 is 14.7 Å². The summed E-state index contributed by atoms with van der Waals surface area (Å²) in [5.74, 6) is -0.0795. The van der Waals surface area contributed by atoms with Crippen LogP contribution in [0.15, 0.2) is 22.9 Å². The molecule has 5 heteroatoms. The van der Waals surface area contributed by atoms with Crippen LogP contribution in [0.4, 0.5) is 0 Å². The molecular weight excluding hydrogens is 260 g/mol. The second kappa shape index (κ2) is 5.11.